The van der Waals surface area contributed by atoms with Gasteiger partial charge in [0.1, 0.15) is 12.0 Å². The number of amides is 2. The highest BCUT2D eigenvalue weighted by Crippen LogP contribution is 2.22. The Bertz CT molecular complexity index is 1040. The molecule has 2 N–H and O–H groups in total. The number of hydrogen-bond acceptors (Lipinski definition) is 5. The Balaban J connectivity index is 1.53. The Morgan fingerprint density at radius 2 is 1.72 bits per heavy atom. The molecule has 2 aromatic rings. The third-order valence-electron chi connectivity index (χ3n) is 5.04. The second kappa shape index (κ2) is 10.7. The van der Waals surface area contributed by atoms with Gasteiger partial charge in [-0.15, -0.1) is 0 Å². The summed E-state index contributed by atoms with van der Waals surface area (Å²) in [4.78, 5) is 24.3. The van der Waals surface area contributed by atoms with E-state index in [9.17, 15) is 22.4 Å². The van der Waals surface area contributed by atoms with E-state index in [1.54, 1.807) is 24.3 Å². The third-order valence-corrected chi connectivity index (χ3v) is 6.94. The van der Waals surface area contributed by atoms with E-state index in [4.69, 9.17) is 4.74 Å². The van der Waals surface area contributed by atoms with Crippen LogP contribution in [-0.2, 0) is 30.8 Å². The monoisotopic (exact) mass is 463 g/mol. The number of hydrogen-bond donors (Lipinski definition) is 2. The molecular formula is C22H26FN3O5S. The number of nitrogens with one attached hydrogen (secondary N) is 2. The van der Waals surface area contributed by atoms with Crippen molar-refractivity contribution in [1.29, 1.82) is 0 Å². The van der Waals surface area contributed by atoms with E-state index in [2.05, 4.69) is 10.6 Å². The molecule has 0 radical (unpaired) electrons. The fourth-order valence-corrected chi connectivity index (χ4v) is 4.83. The molecule has 0 bridgehead atoms. The topological polar surface area (TPSA) is 105 Å². The van der Waals surface area contributed by atoms with E-state index >= 15 is 0 Å². The standard InChI is InChI=1S/C22H26FN3O5S/c1-16-3-9-19(10-4-16)32(29,30)26-13-2-14-31-20(26)15-25-22(28)21(27)24-12-11-17-5-7-18(23)8-6-17/h3-10,20H,2,11-15H2,1H3,(H,24,27)(H,25,28). The Morgan fingerprint density at radius 1 is 1.06 bits per heavy atom. The average molecular weight is 464 g/mol. The summed E-state index contributed by atoms with van der Waals surface area (Å²) in [5, 5.41) is 4.93. The highest BCUT2D eigenvalue weighted by Gasteiger charge is 2.34. The van der Waals surface area contributed by atoms with Gasteiger partial charge in [0.25, 0.3) is 0 Å². The van der Waals surface area contributed by atoms with Gasteiger partial charge in [0.2, 0.25) is 10.0 Å². The maximum Gasteiger partial charge on any atom is 0.309 e. The molecule has 1 atom stereocenters. The molecular weight excluding hydrogens is 437 g/mol. The van der Waals surface area contributed by atoms with Crippen LogP contribution in [0.15, 0.2) is 53.4 Å². The van der Waals surface area contributed by atoms with Crippen LogP contribution in [0.2, 0.25) is 0 Å². The van der Waals surface area contributed by atoms with Crippen LogP contribution in [0.1, 0.15) is 17.5 Å². The Morgan fingerprint density at radius 3 is 2.41 bits per heavy atom. The first kappa shape index (κ1) is 23.8. The minimum atomic E-state index is -3.81. The van der Waals surface area contributed by atoms with Crippen molar-refractivity contribution in [1.82, 2.24) is 14.9 Å². The number of nitrogens with zero attached hydrogens (tertiary/aromatic N) is 1. The quantitative estimate of drug-likeness (QED) is 0.603. The maximum absolute atomic E-state index is 13.0. The molecule has 0 saturated carbocycles. The molecule has 1 aliphatic heterocycles. The van der Waals surface area contributed by atoms with Crippen molar-refractivity contribution in [3.05, 3.63) is 65.5 Å². The van der Waals surface area contributed by atoms with E-state index in [-0.39, 0.29) is 30.3 Å². The van der Waals surface area contributed by atoms with Gasteiger partial charge >= 0.3 is 11.8 Å². The van der Waals surface area contributed by atoms with Gasteiger partial charge in [-0.2, -0.15) is 4.31 Å². The molecule has 10 heteroatoms. The van der Waals surface area contributed by atoms with E-state index in [0.717, 1.165) is 11.1 Å². The molecule has 1 unspecified atom stereocenters. The van der Waals surface area contributed by atoms with Crippen molar-refractivity contribution in [2.24, 2.45) is 0 Å². The number of sulfonamides is 1. The smallest absolute Gasteiger partial charge is 0.309 e. The van der Waals surface area contributed by atoms with E-state index in [1.807, 2.05) is 6.92 Å². The van der Waals surface area contributed by atoms with Gasteiger partial charge < -0.3 is 15.4 Å². The van der Waals surface area contributed by atoms with Gasteiger partial charge in [-0.3, -0.25) is 9.59 Å². The summed E-state index contributed by atoms with van der Waals surface area (Å²) < 4.78 is 45.7. The average Bonchev–Trinajstić information content (AvgIpc) is 2.79. The Hall–Kier alpha value is -2.82. The molecule has 0 spiro atoms. The zero-order chi connectivity index (χ0) is 23.1. The van der Waals surface area contributed by atoms with Gasteiger partial charge in [0.15, 0.2) is 0 Å². The molecule has 32 heavy (non-hydrogen) atoms. The molecule has 172 valence electrons. The lowest BCUT2D eigenvalue weighted by Crippen LogP contribution is -2.53. The first-order chi connectivity index (χ1) is 15.3. The molecule has 1 aliphatic rings. The van der Waals surface area contributed by atoms with Gasteiger partial charge in [-0.05, 0) is 49.6 Å². The highest BCUT2D eigenvalue weighted by atomic mass is 32.2. The van der Waals surface area contributed by atoms with Crippen molar-refractivity contribution in [3.8, 4) is 0 Å². The molecule has 1 heterocycles. The molecule has 2 amide bonds. The lowest BCUT2D eigenvalue weighted by molar-refractivity contribution is -0.140. The number of aryl methyl sites for hydroxylation is 1. The van der Waals surface area contributed by atoms with Crippen LogP contribution in [0, 0.1) is 12.7 Å². The number of carbonyl (C=O) groups excluding carboxylic acids is 2. The Labute approximate surface area is 186 Å². The number of carbonyl (C=O) groups is 2. The molecule has 0 aromatic heterocycles. The van der Waals surface area contributed by atoms with Crippen molar-refractivity contribution in [3.63, 3.8) is 0 Å². The predicted molar refractivity (Wildman–Crippen MR) is 116 cm³/mol. The first-order valence-corrected chi connectivity index (χ1v) is 11.7. The van der Waals surface area contributed by atoms with Gasteiger partial charge in [0.05, 0.1) is 18.0 Å². The van der Waals surface area contributed by atoms with Crippen LogP contribution >= 0.6 is 0 Å². The maximum atomic E-state index is 13.0. The summed E-state index contributed by atoms with van der Waals surface area (Å²) in [7, 11) is -3.81. The van der Waals surface area contributed by atoms with Gasteiger partial charge in [0, 0.05) is 13.1 Å². The van der Waals surface area contributed by atoms with Crippen LogP contribution in [-0.4, -0.2) is 57.0 Å². The second-order valence-corrected chi connectivity index (χ2v) is 9.34. The summed E-state index contributed by atoms with van der Waals surface area (Å²) in [6, 6.07) is 12.3. The molecule has 1 saturated heterocycles. The van der Waals surface area contributed by atoms with Crippen LogP contribution in [0.4, 0.5) is 4.39 Å². The van der Waals surface area contributed by atoms with Gasteiger partial charge in [-0.25, -0.2) is 12.8 Å². The summed E-state index contributed by atoms with van der Waals surface area (Å²) in [6.45, 7) is 2.51. The van der Waals surface area contributed by atoms with Gasteiger partial charge in [-0.1, -0.05) is 29.8 Å². The van der Waals surface area contributed by atoms with Crippen LogP contribution < -0.4 is 10.6 Å². The fraction of sp³-hybridized carbons (Fsp3) is 0.364. The first-order valence-electron chi connectivity index (χ1n) is 10.3. The lowest BCUT2D eigenvalue weighted by atomic mass is 10.1. The lowest BCUT2D eigenvalue weighted by Gasteiger charge is -2.34. The summed E-state index contributed by atoms with van der Waals surface area (Å²) in [5.41, 5.74) is 1.76. The van der Waals surface area contributed by atoms with Crippen LogP contribution in [0.5, 0.6) is 0 Å². The molecule has 8 nitrogen and oxygen atoms in total. The normalized spacial score (nSPS) is 17.0. The number of halogens is 1. The Kier molecular flexibility index (Phi) is 7.94. The number of ether oxygens (including phenoxy) is 1. The highest BCUT2D eigenvalue weighted by molar-refractivity contribution is 7.89. The van der Waals surface area contributed by atoms with E-state index in [1.165, 1.54) is 28.6 Å². The summed E-state index contributed by atoms with van der Waals surface area (Å²) in [5.74, 6) is -2.07. The zero-order valence-corrected chi connectivity index (χ0v) is 18.5. The molecule has 2 aromatic carbocycles. The van der Waals surface area contributed by atoms with Crippen molar-refractivity contribution >= 4 is 21.8 Å². The van der Waals surface area contributed by atoms with E-state index in [0.29, 0.717) is 19.4 Å². The largest absolute Gasteiger partial charge is 0.360 e. The number of benzene rings is 2. The SMILES string of the molecule is Cc1ccc(S(=O)(=O)N2CCCOC2CNC(=O)C(=O)NCCc2ccc(F)cc2)cc1. The van der Waals surface area contributed by atoms with Crippen LogP contribution in [0.25, 0.3) is 0 Å². The molecule has 3 rings (SSSR count). The van der Waals surface area contributed by atoms with Crippen molar-refractivity contribution < 1.29 is 27.1 Å². The summed E-state index contributed by atoms with van der Waals surface area (Å²) in [6.07, 6.45) is 0.0542. The predicted octanol–water partition coefficient (Wildman–Crippen LogP) is 1.35. The second-order valence-electron chi connectivity index (χ2n) is 7.45. The third kappa shape index (κ3) is 6.12. The summed E-state index contributed by atoms with van der Waals surface area (Å²) >= 11 is 0. The molecule has 0 aliphatic carbocycles. The molecule has 1 fully saturated rings. The number of rotatable bonds is 7. The zero-order valence-electron chi connectivity index (χ0n) is 17.7. The fourth-order valence-electron chi connectivity index (χ4n) is 3.26. The van der Waals surface area contributed by atoms with Crippen LogP contribution in [0.3, 0.4) is 0 Å². The van der Waals surface area contributed by atoms with E-state index < -0.39 is 28.1 Å². The minimum Gasteiger partial charge on any atom is -0.360 e. The van der Waals surface area contributed by atoms with Crippen molar-refractivity contribution in [2.75, 3.05) is 26.2 Å². The van der Waals surface area contributed by atoms with Crippen molar-refractivity contribution in [2.45, 2.75) is 30.9 Å². The minimum absolute atomic E-state index is 0.142.